The van der Waals surface area contributed by atoms with E-state index in [1.54, 1.807) is 0 Å². The Labute approximate surface area is 177 Å². The maximum atomic E-state index is 13.1. The summed E-state index contributed by atoms with van der Waals surface area (Å²) in [6.45, 7) is 6.40. The predicted molar refractivity (Wildman–Crippen MR) is 122 cm³/mol. The van der Waals surface area contributed by atoms with Crippen LogP contribution >= 0.6 is 45.7 Å². The Kier molecular flexibility index (Phi) is 17.8. The SMILES string of the molecule is CCCCCC(S)OP(=O)(OC(S)CCCCC)OC(S)CCCCC. The molecule has 4 nitrogen and oxygen atoms in total. The van der Waals surface area contributed by atoms with Gasteiger partial charge in [-0.15, -0.1) is 37.9 Å². The lowest BCUT2D eigenvalue weighted by molar-refractivity contribution is 0.0844. The van der Waals surface area contributed by atoms with Crippen molar-refractivity contribution in [1.82, 2.24) is 0 Å². The van der Waals surface area contributed by atoms with Gasteiger partial charge in [0.1, 0.15) is 16.3 Å². The van der Waals surface area contributed by atoms with Gasteiger partial charge in [-0.25, -0.2) is 4.57 Å². The van der Waals surface area contributed by atoms with E-state index in [2.05, 4.69) is 58.7 Å². The van der Waals surface area contributed by atoms with Crippen LogP contribution in [0.1, 0.15) is 97.8 Å². The van der Waals surface area contributed by atoms with Gasteiger partial charge in [0.05, 0.1) is 0 Å². The normalized spacial score (nSPS) is 17.6. The van der Waals surface area contributed by atoms with Crippen LogP contribution in [0.5, 0.6) is 0 Å². The van der Waals surface area contributed by atoms with Crippen molar-refractivity contribution in [2.75, 3.05) is 0 Å². The minimum Gasteiger partial charge on any atom is -0.273 e. The average Bonchev–Trinajstić information content (AvgIpc) is 2.55. The molecule has 0 saturated heterocycles. The van der Waals surface area contributed by atoms with Crippen LogP contribution in [0.3, 0.4) is 0 Å². The van der Waals surface area contributed by atoms with Crippen molar-refractivity contribution < 1.29 is 18.1 Å². The minimum atomic E-state index is -3.76. The number of hydrogen-bond acceptors (Lipinski definition) is 7. The van der Waals surface area contributed by atoms with Gasteiger partial charge in [0.2, 0.25) is 0 Å². The molecular formula is C18H39O4PS3. The molecule has 0 saturated carbocycles. The van der Waals surface area contributed by atoms with Gasteiger partial charge < -0.3 is 0 Å². The molecule has 0 aliphatic heterocycles. The number of hydrogen-bond donors (Lipinski definition) is 3. The lowest BCUT2D eigenvalue weighted by Gasteiger charge is -2.26. The molecule has 0 N–H and O–H groups in total. The third-order valence-corrected chi connectivity index (χ3v) is 7.04. The summed E-state index contributed by atoms with van der Waals surface area (Å²) >= 11 is 13.2. The van der Waals surface area contributed by atoms with Crippen LogP contribution in [0.25, 0.3) is 0 Å². The van der Waals surface area contributed by atoms with Gasteiger partial charge in [-0.05, 0) is 38.5 Å². The van der Waals surface area contributed by atoms with Crippen LogP contribution in [0.15, 0.2) is 0 Å². The first-order valence-corrected chi connectivity index (χ1v) is 13.1. The molecule has 26 heavy (non-hydrogen) atoms. The van der Waals surface area contributed by atoms with Crippen molar-refractivity contribution >= 4 is 45.7 Å². The summed E-state index contributed by atoms with van der Waals surface area (Å²) in [4.78, 5) is 0. The molecule has 0 fully saturated rings. The van der Waals surface area contributed by atoms with Crippen molar-refractivity contribution in [2.24, 2.45) is 0 Å². The topological polar surface area (TPSA) is 44.8 Å². The molecule has 0 rings (SSSR count). The number of rotatable bonds is 18. The molecule has 0 bridgehead atoms. The highest BCUT2D eigenvalue weighted by molar-refractivity contribution is 7.81. The lowest BCUT2D eigenvalue weighted by Crippen LogP contribution is -2.15. The predicted octanol–water partition coefficient (Wildman–Crippen LogP) is 7.65. The smallest absolute Gasteiger partial charge is 0.273 e. The Morgan fingerprint density at radius 1 is 0.615 bits per heavy atom. The van der Waals surface area contributed by atoms with Crippen molar-refractivity contribution in [3.05, 3.63) is 0 Å². The maximum Gasteiger partial charge on any atom is 0.478 e. The van der Waals surface area contributed by atoms with E-state index < -0.39 is 24.1 Å². The van der Waals surface area contributed by atoms with Gasteiger partial charge in [0.15, 0.2) is 0 Å². The molecule has 3 atom stereocenters. The fraction of sp³-hybridized carbons (Fsp3) is 1.00. The summed E-state index contributed by atoms with van der Waals surface area (Å²) in [6, 6.07) is 0. The summed E-state index contributed by atoms with van der Waals surface area (Å²) in [5.74, 6) is 0. The molecule has 0 amide bonds. The molecule has 3 unspecified atom stereocenters. The van der Waals surface area contributed by atoms with Gasteiger partial charge in [0, 0.05) is 0 Å². The highest BCUT2D eigenvalue weighted by atomic mass is 32.1. The average molecular weight is 447 g/mol. The van der Waals surface area contributed by atoms with Gasteiger partial charge in [-0.3, -0.25) is 13.6 Å². The lowest BCUT2D eigenvalue weighted by atomic mass is 10.2. The molecule has 158 valence electrons. The van der Waals surface area contributed by atoms with Crippen molar-refractivity contribution in [3.63, 3.8) is 0 Å². The largest absolute Gasteiger partial charge is 0.478 e. The molecular weight excluding hydrogens is 407 g/mol. The second-order valence-corrected chi connectivity index (χ2v) is 9.87. The van der Waals surface area contributed by atoms with Gasteiger partial charge in [-0.1, -0.05) is 59.3 Å². The minimum absolute atomic E-state index is 0.486. The molecule has 0 heterocycles. The Bertz CT molecular complexity index is 322. The zero-order chi connectivity index (χ0) is 19.8. The quantitative estimate of drug-likeness (QED) is 0.0875. The fourth-order valence-electron chi connectivity index (χ4n) is 2.39. The van der Waals surface area contributed by atoms with Crippen LogP contribution in [-0.4, -0.2) is 16.3 Å². The van der Waals surface area contributed by atoms with Crippen molar-refractivity contribution in [1.29, 1.82) is 0 Å². The van der Waals surface area contributed by atoms with Crippen LogP contribution in [0, 0.1) is 0 Å². The summed E-state index contributed by atoms with van der Waals surface area (Å²) in [7, 11) is -3.76. The summed E-state index contributed by atoms with van der Waals surface area (Å²) in [5.41, 5.74) is -1.46. The van der Waals surface area contributed by atoms with Crippen LogP contribution in [0.2, 0.25) is 0 Å². The Balaban J connectivity index is 4.69. The second kappa shape index (κ2) is 17.1. The Morgan fingerprint density at radius 2 is 0.885 bits per heavy atom. The molecule has 8 heteroatoms. The molecule has 0 aromatic carbocycles. The van der Waals surface area contributed by atoms with E-state index in [1.807, 2.05) is 0 Å². The summed E-state index contributed by atoms with van der Waals surface area (Å²) < 4.78 is 30.0. The first-order valence-electron chi connectivity index (χ1n) is 10.1. The zero-order valence-electron chi connectivity index (χ0n) is 16.6. The van der Waals surface area contributed by atoms with Crippen LogP contribution < -0.4 is 0 Å². The van der Waals surface area contributed by atoms with E-state index in [1.165, 1.54) is 0 Å². The van der Waals surface area contributed by atoms with Gasteiger partial charge in [-0.2, -0.15) is 0 Å². The number of phosphoric acid groups is 1. The third kappa shape index (κ3) is 15.1. The summed E-state index contributed by atoms with van der Waals surface area (Å²) in [5, 5.41) is 0. The van der Waals surface area contributed by atoms with Gasteiger partial charge in [0.25, 0.3) is 0 Å². The molecule has 0 aromatic heterocycles. The molecule has 0 aromatic rings. The highest BCUT2D eigenvalue weighted by Crippen LogP contribution is 2.55. The third-order valence-electron chi connectivity index (χ3n) is 3.92. The Morgan fingerprint density at radius 3 is 1.12 bits per heavy atom. The van der Waals surface area contributed by atoms with Crippen LogP contribution in [-0.2, 0) is 18.1 Å². The van der Waals surface area contributed by atoms with Gasteiger partial charge >= 0.3 is 7.82 Å². The molecule has 0 radical (unpaired) electrons. The Hall–Kier alpha value is 1.16. The monoisotopic (exact) mass is 446 g/mol. The number of phosphoric ester groups is 1. The molecule has 0 spiro atoms. The van der Waals surface area contributed by atoms with Crippen LogP contribution in [0.4, 0.5) is 0 Å². The second-order valence-electron chi connectivity index (χ2n) is 6.61. The molecule has 0 aliphatic carbocycles. The first kappa shape index (κ1) is 27.2. The van der Waals surface area contributed by atoms with E-state index in [-0.39, 0.29) is 0 Å². The van der Waals surface area contributed by atoms with E-state index in [4.69, 9.17) is 13.6 Å². The summed E-state index contributed by atoms with van der Waals surface area (Å²) in [6.07, 6.45) is 11.6. The molecule has 0 aliphatic rings. The zero-order valence-corrected chi connectivity index (χ0v) is 20.2. The van der Waals surface area contributed by atoms with E-state index >= 15 is 0 Å². The number of thiol groups is 3. The number of unbranched alkanes of at least 4 members (excludes halogenated alkanes) is 6. The first-order chi connectivity index (χ1) is 12.4. The van der Waals surface area contributed by atoms with E-state index in [0.29, 0.717) is 19.3 Å². The highest BCUT2D eigenvalue weighted by Gasteiger charge is 2.34. The van der Waals surface area contributed by atoms with Crippen molar-refractivity contribution in [2.45, 2.75) is 114 Å². The van der Waals surface area contributed by atoms with E-state index in [9.17, 15) is 4.57 Å². The maximum absolute atomic E-state index is 13.1. The van der Waals surface area contributed by atoms with E-state index in [0.717, 1.165) is 57.8 Å². The standard InChI is InChI=1S/C18H39O4PS3/c1-4-7-10-13-16(24)20-23(19,21-17(25)14-11-8-5-2)22-18(26)15-12-9-6-3/h16-18,24-26H,4-15H2,1-3H3. The fourth-order valence-corrected chi connectivity index (χ4v) is 5.33. The van der Waals surface area contributed by atoms with Crippen molar-refractivity contribution in [3.8, 4) is 0 Å².